The molecule has 0 spiro atoms. The van der Waals surface area contributed by atoms with Crippen LogP contribution in [0.5, 0.6) is 0 Å². The zero-order valence-electron chi connectivity index (χ0n) is 18.6. The first kappa shape index (κ1) is 21.5. The Hall–Kier alpha value is -3.70. The molecule has 4 aromatic rings. The van der Waals surface area contributed by atoms with Gasteiger partial charge >= 0.3 is 11.4 Å². The lowest BCUT2D eigenvalue weighted by Crippen LogP contribution is -2.36. The Bertz CT molecular complexity index is 1440. The van der Waals surface area contributed by atoms with Gasteiger partial charge in [0.2, 0.25) is 0 Å². The fraction of sp³-hybridized carbons (Fsp3) is 0.500. The van der Waals surface area contributed by atoms with Crippen molar-refractivity contribution in [2.45, 2.75) is 38.5 Å². The van der Waals surface area contributed by atoms with E-state index in [1.165, 1.54) is 23.2 Å². The van der Waals surface area contributed by atoms with E-state index in [0.717, 1.165) is 34.8 Å². The van der Waals surface area contributed by atoms with Gasteiger partial charge in [0.15, 0.2) is 11.3 Å². The van der Waals surface area contributed by atoms with Gasteiger partial charge in [-0.3, -0.25) is 27.9 Å². The summed E-state index contributed by atoms with van der Waals surface area (Å²) in [6.45, 7) is 0. The molecule has 12 heteroatoms. The summed E-state index contributed by atoms with van der Waals surface area (Å²) in [5, 5.41) is 0. The van der Waals surface area contributed by atoms with Crippen LogP contribution in [0.15, 0.2) is 19.2 Å². The fourth-order valence-corrected chi connectivity index (χ4v) is 3.92. The van der Waals surface area contributed by atoms with E-state index in [0.29, 0.717) is 46.8 Å². The lowest BCUT2D eigenvalue weighted by Gasteiger charge is -2.00. The highest BCUT2D eigenvalue weighted by Crippen LogP contribution is 2.11. The molecule has 0 atom stereocenters. The number of rotatable bonds is 7. The minimum absolute atomic E-state index is 0.343. The third-order valence-corrected chi connectivity index (χ3v) is 5.86. The average molecular weight is 442 g/mol. The second kappa shape index (κ2) is 8.09. The summed E-state index contributed by atoms with van der Waals surface area (Å²) in [6.07, 6.45) is 5.01. The molecule has 0 fully saturated rings. The summed E-state index contributed by atoms with van der Waals surface area (Å²) in [4.78, 5) is 63.4. The third kappa shape index (κ3) is 3.51. The lowest BCUT2D eigenvalue weighted by molar-refractivity contribution is 0.625. The van der Waals surface area contributed by atoms with Crippen LogP contribution in [0.2, 0.25) is 0 Å². The molecule has 32 heavy (non-hydrogen) atoms. The van der Waals surface area contributed by atoms with Crippen LogP contribution < -0.4 is 22.5 Å². The minimum Gasteiger partial charge on any atom is -0.336 e. The topological polar surface area (TPSA) is 145 Å². The van der Waals surface area contributed by atoms with E-state index in [-0.39, 0.29) is 11.1 Å². The number of H-pyrrole nitrogens is 2. The van der Waals surface area contributed by atoms with E-state index in [1.807, 2.05) is 0 Å². The molecule has 0 bridgehead atoms. The maximum atomic E-state index is 12.2. The molecule has 0 radical (unpaired) electrons. The van der Waals surface area contributed by atoms with Crippen molar-refractivity contribution in [3.05, 3.63) is 53.3 Å². The van der Waals surface area contributed by atoms with Crippen molar-refractivity contribution in [2.75, 3.05) is 0 Å². The monoisotopic (exact) mass is 442 g/mol. The molecule has 0 aliphatic carbocycles. The largest absolute Gasteiger partial charge is 0.336 e. The number of aromatic amines is 2. The molecule has 0 saturated heterocycles. The highest BCUT2D eigenvalue weighted by atomic mass is 16.2. The van der Waals surface area contributed by atoms with Crippen LogP contribution in [-0.2, 0) is 41.0 Å². The molecule has 0 aliphatic heterocycles. The van der Waals surface area contributed by atoms with E-state index >= 15 is 0 Å². The van der Waals surface area contributed by atoms with Crippen molar-refractivity contribution in [1.82, 2.24) is 38.2 Å². The van der Waals surface area contributed by atoms with Crippen LogP contribution in [-0.4, -0.2) is 38.2 Å². The van der Waals surface area contributed by atoms with E-state index in [1.54, 1.807) is 14.1 Å². The Labute approximate surface area is 181 Å². The maximum absolute atomic E-state index is 12.2. The fourth-order valence-electron chi connectivity index (χ4n) is 3.92. The number of nitrogens with zero attached hydrogens (tertiary/aromatic N) is 6. The Morgan fingerprint density at radius 1 is 0.594 bits per heavy atom. The summed E-state index contributed by atoms with van der Waals surface area (Å²) in [5.74, 6) is 1.37. The maximum Gasteiger partial charge on any atom is 0.332 e. The molecule has 4 heterocycles. The molecule has 0 unspecified atom stereocenters. The first-order chi connectivity index (χ1) is 15.2. The van der Waals surface area contributed by atoms with Crippen LogP contribution in [0.25, 0.3) is 22.3 Å². The van der Waals surface area contributed by atoms with E-state index in [4.69, 9.17) is 0 Å². The molecule has 0 aliphatic rings. The number of unbranched alkanes of at least 4 members (excludes halogenated alkanes) is 3. The summed E-state index contributed by atoms with van der Waals surface area (Å²) in [7, 11) is 6.09. The lowest BCUT2D eigenvalue weighted by atomic mass is 10.1. The van der Waals surface area contributed by atoms with Crippen LogP contribution >= 0.6 is 0 Å². The van der Waals surface area contributed by atoms with Crippen LogP contribution in [0.4, 0.5) is 0 Å². The highest BCUT2D eigenvalue weighted by Gasteiger charge is 2.14. The second-order valence-electron chi connectivity index (χ2n) is 8.09. The SMILES string of the molecule is Cn1c(=O)c2[nH]c(CCCCCCc3nc4c([nH]3)c(=O)n(C)c(=O)n4C)nc2n(C)c1=O. The van der Waals surface area contributed by atoms with Crippen LogP contribution in [0.3, 0.4) is 0 Å². The van der Waals surface area contributed by atoms with E-state index < -0.39 is 11.4 Å². The predicted octanol–water partition coefficient (Wildman–Crippen LogP) is -0.420. The number of hydrogen-bond acceptors (Lipinski definition) is 6. The van der Waals surface area contributed by atoms with Gasteiger partial charge in [-0.15, -0.1) is 0 Å². The number of fused-ring (bicyclic) bond motifs is 2. The van der Waals surface area contributed by atoms with Gasteiger partial charge in [0.1, 0.15) is 22.7 Å². The molecular weight excluding hydrogens is 416 g/mol. The summed E-state index contributed by atoms with van der Waals surface area (Å²) in [6, 6.07) is 0. The quantitative estimate of drug-likeness (QED) is 0.372. The van der Waals surface area contributed by atoms with Crippen molar-refractivity contribution in [3.8, 4) is 0 Å². The van der Waals surface area contributed by atoms with Gasteiger partial charge in [-0.25, -0.2) is 19.6 Å². The molecular formula is C20H26N8O4. The first-order valence-electron chi connectivity index (χ1n) is 10.5. The molecule has 170 valence electrons. The van der Waals surface area contributed by atoms with E-state index in [9.17, 15) is 19.2 Å². The van der Waals surface area contributed by atoms with Crippen molar-refractivity contribution in [3.63, 3.8) is 0 Å². The van der Waals surface area contributed by atoms with Crippen molar-refractivity contribution in [1.29, 1.82) is 0 Å². The smallest absolute Gasteiger partial charge is 0.332 e. The molecule has 0 aromatic carbocycles. The van der Waals surface area contributed by atoms with Gasteiger partial charge in [0.25, 0.3) is 11.1 Å². The Morgan fingerprint density at radius 2 is 0.969 bits per heavy atom. The molecule has 2 N–H and O–H groups in total. The number of nitrogens with one attached hydrogen (secondary N) is 2. The summed E-state index contributed by atoms with van der Waals surface area (Å²) >= 11 is 0. The van der Waals surface area contributed by atoms with Crippen LogP contribution in [0.1, 0.15) is 37.3 Å². The zero-order valence-corrected chi connectivity index (χ0v) is 18.6. The molecule has 0 saturated carbocycles. The zero-order chi connectivity index (χ0) is 23.2. The van der Waals surface area contributed by atoms with Gasteiger partial charge in [-0.2, -0.15) is 0 Å². The normalized spacial score (nSPS) is 11.8. The van der Waals surface area contributed by atoms with Gasteiger partial charge in [0.05, 0.1) is 0 Å². The Balaban J connectivity index is 1.34. The molecule has 4 aromatic heterocycles. The summed E-state index contributed by atoms with van der Waals surface area (Å²) in [5.41, 5.74) is -0.115. The predicted molar refractivity (Wildman–Crippen MR) is 119 cm³/mol. The van der Waals surface area contributed by atoms with Crippen molar-refractivity contribution < 1.29 is 0 Å². The van der Waals surface area contributed by atoms with Gasteiger partial charge in [-0.05, 0) is 12.8 Å². The summed E-state index contributed by atoms with van der Waals surface area (Å²) < 4.78 is 4.87. The number of hydrogen-bond donors (Lipinski definition) is 2. The van der Waals surface area contributed by atoms with Crippen molar-refractivity contribution >= 4 is 22.3 Å². The second-order valence-corrected chi connectivity index (χ2v) is 8.09. The van der Waals surface area contributed by atoms with Gasteiger partial charge in [-0.1, -0.05) is 12.8 Å². The molecule has 4 rings (SSSR count). The van der Waals surface area contributed by atoms with Crippen LogP contribution in [0, 0.1) is 0 Å². The van der Waals surface area contributed by atoms with Gasteiger partial charge < -0.3 is 9.97 Å². The third-order valence-electron chi connectivity index (χ3n) is 5.86. The first-order valence-corrected chi connectivity index (χ1v) is 10.5. The van der Waals surface area contributed by atoms with Crippen molar-refractivity contribution in [2.24, 2.45) is 28.2 Å². The number of aryl methyl sites for hydroxylation is 4. The Kier molecular flexibility index (Phi) is 5.45. The standard InChI is InChI=1S/C20H26N8O4/c1-25-15-13(17(29)27(3)19(25)31)21-11(23-15)9-7-5-6-8-10-12-22-14-16(24-12)26(2)20(32)28(4)18(14)30/h5-10H2,1-4H3,(H,21,23)(H,22,24). The Morgan fingerprint density at radius 3 is 1.34 bits per heavy atom. The van der Waals surface area contributed by atoms with Gasteiger partial charge in [0, 0.05) is 41.0 Å². The number of imidazole rings is 2. The highest BCUT2D eigenvalue weighted by molar-refractivity contribution is 5.70. The minimum atomic E-state index is -0.399. The molecule has 0 amide bonds. The molecule has 12 nitrogen and oxygen atoms in total. The van der Waals surface area contributed by atoms with E-state index in [2.05, 4.69) is 19.9 Å². The average Bonchev–Trinajstić information content (AvgIpc) is 3.40. The number of aromatic nitrogens is 8.